The van der Waals surface area contributed by atoms with Crippen LogP contribution in [0.4, 0.5) is 5.69 Å². The Morgan fingerprint density at radius 2 is 1.84 bits per heavy atom. The van der Waals surface area contributed by atoms with Gasteiger partial charge < -0.3 is 10.4 Å². The quantitative estimate of drug-likeness (QED) is 0.276. The van der Waals surface area contributed by atoms with Crippen molar-refractivity contribution >= 4 is 40.0 Å². The molecule has 0 fully saturated rings. The number of hydrogen-bond acceptors (Lipinski definition) is 6. The summed E-state index contributed by atoms with van der Waals surface area (Å²) in [5, 5.41) is 13.0. The summed E-state index contributed by atoms with van der Waals surface area (Å²) in [5.41, 5.74) is 1.56. The van der Waals surface area contributed by atoms with E-state index in [0.717, 1.165) is 0 Å². The number of carbonyl (C=O) groups excluding carboxylic acids is 2. The molecule has 0 radical (unpaired) electrons. The topological polar surface area (TPSA) is 101 Å². The summed E-state index contributed by atoms with van der Waals surface area (Å²) in [7, 11) is 0. The molecule has 1 amide bonds. The second kappa shape index (κ2) is 11.1. The van der Waals surface area contributed by atoms with Gasteiger partial charge in [-0.3, -0.25) is 19.0 Å². The summed E-state index contributed by atoms with van der Waals surface area (Å²) < 4.78 is 1.52. The normalized spacial score (nSPS) is 11.1. The van der Waals surface area contributed by atoms with Gasteiger partial charge >= 0.3 is 0 Å². The number of aromatic nitrogens is 2. The maximum absolute atomic E-state index is 12.9. The first-order valence-electron chi connectivity index (χ1n) is 10.6. The number of aliphatic hydroxyl groups is 1. The van der Waals surface area contributed by atoms with Gasteiger partial charge in [-0.05, 0) is 48.7 Å². The summed E-state index contributed by atoms with van der Waals surface area (Å²) in [6.07, 6.45) is 0.861. The smallest absolute Gasteiger partial charge is 0.262 e. The summed E-state index contributed by atoms with van der Waals surface area (Å²) in [4.78, 5) is 42.0. The molecule has 1 aromatic heterocycles. The van der Waals surface area contributed by atoms with Crippen LogP contribution in [0.3, 0.4) is 0 Å². The second-order valence-corrected chi connectivity index (χ2v) is 8.82. The number of nitrogens with zero attached hydrogens (tertiary/aromatic N) is 2. The predicted octanol–water partition coefficient (Wildman–Crippen LogP) is 3.74. The summed E-state index contributed by atoms with van der Waals surface area (Å²) in [6.45, 7) is 4.25. The van der Waals surface area contributed by atoms with E-state index in [2.05, 4.69) is 10.3 Å². The first kappa shape index (κ1) is 23.7. The van der Waals surface area contributed by atoms with E-state index in [0.29, 0.717) is 46.7 Å². The molecule has 0 aliphatic rings. The molecule has 0 unspecified atom stereocenters. The highest BCUT2D eigenvalue weighted by molar-refractivity contribution is 7.99. The molecule has 7 nitrogen and oxygen atoms in total. The average Bonchev–Trinajstić information content (AvgIpc) is 2.77. The Labute approximate surface area is 190 Å². The fourth-order valence-electron chi connectivity index (χ4n) is 3.22. The number of ketones is 1. The summed E-state index contributed by atoms with van der Waals surface area (Å²) in [6, 6.07) is 13.9. The van der Waals surface area contributed by atoms with Crippen molar-refractivity contribution in [3.8, 4) is 0 Å². The van der Waals surface area contributed by atoms with Gasteiger partial charge in [0.15, 0.2) is 10.9 Å². The lowest BCUT2D eigenvalue weighted by Gasteiger charge is -2.12. The molecule has 3 rings (SSSR count). The SMILES string of the molecule is CC(C)CC(=O)Nc1ccc(C(=O)CSc2nc3ccccc3c(=O)n2CCCO)cc1. The van der Waals surface area contributed by atoms with Crippen LogP contribution in [-0.4, -0.2) is 38.7 Å². The number of anilines is 1. The zero-order valence-electron chi connectivity index (χ0n) is 18.2. The van der Waals surface area contributed by atoms with Crippen molar-refractivity contribution in [1.29, 1.82) is 0 Å². The van der Waals surface area contributed by atoms with E-state index in [1.54, 1.807) is 42.5 Å². The van der Waals surface area contributed by atoms with E-state index in [1.165, 1.54) is 16.3 Å². The van der Waals surface area contributed by atoms with Gasteiger partial charge in [-0.2, -0.15) is 0 Å². The fraction of sp³-hybridized carbons (Fsp3) is 0.333. The molecular formula is C24H27N3O4S. The number of aliphatic hydroxyl groups excluding tert-OH is 1. The number of nitrogens with one attached hydrogen (secondary N) is 1. The molecule has 2 N–H and O–H groups in total. The monoisotopic (exact) mass is 453 g/mol. The second-order valence-electron chi connectivity index (χ2n) is 7.88. The standard InChI is InChI=1S/C24H27N3O4S/c1-16(2)14-22(30)25-18-10-8-17(9-11-18)21(29)15-32-24-26-20-7-4-3-6-19(20)23(31)27(24)12-5-13-28/h3-4,6-11,16,28H,5,12-15H2,1-2H3,(H,25,30). The van der Waals surface area contributed by atoms with Crippen molar-refractivity contribution < 1.29 is 14.7 Å². The molecule has 0 saturated carbocycles. The van der Waals surface area contributed by atoms with Crippen molar-refractivity contribution in [2.45, 2.75) is 38.4 Å². The van der Waals surface area contributed by atoms with Gasteiger partial charge in [-0.25, -0.2) is 4.98 Å². The van der Waals surface area contributed by atoms with Crippen LogP contribution in [0.5, 0.6) is 0 Å². The van der Waals surface area contributed by atoms with Crippen LogP contribution >= 0.6 is 11.8 Å². The molecule has 32 heavy (non-hydrogen) atoms. The number of rotatable bonds is 10. The van der Waals surface area contributed by atoms with Gasteiger partial charge in [0.05, 0.1) is 16.7 Å². The van der Waals surface area contributed by atoms with Gasteiger partial charge in [-0.1, -0.05) is 37.7 Å². The molecule has 1 heterocycles. The summed E-state index contributed by atoms with van der Waals surface area (Å²) >= 11 is 1.20. The number of fused-ring (bicyclic) bond motifs is 1. The minimum atomic E-state index is -0.180. The molecule has 0 saturated heterocycles. The minimum Gasteiger partial charge on any atom is -0.396 e. The molecule has 0 atom stereocenters. The predicted molar refractivity (Wildman–Crippen MR) is 127 cm³/mol. The van der Waals surface area contributed by atoms with Gasteiger partial charge in [0.2, 0.25) is 5.91 Å². The Morgan fingerprint density at radius 3 is 2.53 bits per heavy atom. The molecule has 0 bridgehead atoms. The first-order chi connectivity index (χ1) is 15.4. The lowest BCUT2D eigenvalue weighted by molar-refractivity contribution is -0.116. The number of amides is 1. The molecule has 168 valence electrons. The van der Waals surface area contributed by atoms with E-state index in [9.17, 15) is 19.5 Å². The number of hydrogen-bond donors (Lipinski definition) is 2. The number of thioether (sulfide) groups is 1. The molecule has 3 aromatic rings. The van der Waals surface area contributed by atoms with Crippen LogP contribution in [0.15, 0.2) is 58.5 Å². The largest absolute Gasteiger partial charge is 0.396 e. The highest BCUT2D eigenvalue weighted by atomic mass is 32.2. The van der Waals surface area contributed by atoms with Gasteiger partial charge in [0.25, 0.3) is 5.56 Å². The molecule has 8 heteroatoms. The third-order valence-corrected chi connectivity index (χ3v) is 5.76. The third kappa shape index (κ3) is 6.05. The van der Waals surface area contributed by atoms with Crippen molar-refractivity contribution in [2.24, 2.45) is 5.92 Å². The van der Waals surface area contributed by atoms with Crippen LogP contribution < -0.4 is 10.9 Å². The highest BCUT2D eigenvalue weighted by Gasteiger charge is 2.14. The molecular weight excluding hydrogens is 426 g/mol. The Morgan fingerprint density at radius 1 is 1.12 bits per heavy atom. The molecule has 0 spiro atoms. The lowest BCUT2D eigenvalue weighted by Crippen LogP contribution is -2.24. The van der Waals surface area contributed by atoms with E-state index < -0.39 is 0 Å². The maximum atomic E-state index is 12.9. The maximum Gasteiger partial charge on any atom is 0.262 e. The Balaban J connectivity index is 1.72. The number of Topliss-reactive ketones (excluding diaryl/α,β-unsaturated/α-hetero) is 1. The minimum absolute atomic E-state index is 0.0393. The van der Waals surface area contributed by atoms with Crippen LogP contribution in [-0.2, 0) is 11.3 Å². The van der Waals surface area contributed by atoms with Crippen LogP contribution in [0.25, 0.3) is 10.9 Å². The number of para-hydroxylation sites is 1. The van der Waals surface area contributed by atoms with E-state index in [-0.39, 0.29) is 35.5 Å². The van der Waals surface area contributed by atoms with Crippen molar-refractivity contribution in [3.05, 3.63) is 64.4 Å². The average molecular weight is 454 g/mol. The van der Waals surface area contributed by atoms with Gasteiger partial charge in [-0.15, -0.1) is 0 Å². The molecule has 0 aliphatic heterocycles. The lowest BCUT2D eigenvalue weighted by atomic mass is 10.1. The van der Waals surface area contributed by atoms with Crippen molar-refractivity contribution in [3.63, 3.8) is 0 Å². The zero-order chi connectivity index (χ0) is 23.1. The number of benzene rings is 2. The van der Waals surface area contributed by atoms with Gasteiger partial charge in [0.1, 0.15) is 0 Å². The summed E-state index contributed by atoms with van der Waals surface area (Å²) in [5.74, 6) is 0.221. The van der Waals surface area contributed by atoms with Crippen LogP contribution in [0.2, 0.25) is 0 Å². The molecule has 0 aliphatic carbocycles. The Kier molecular flexibility index (Phi) is 8.19. The van der Waals surface area contributed by atoms with Crippen LogP contribution in [0.1, 0.15) is 37.0 Å². The fourth-order valence-corrected chi connectivity index (χ4v) is 4.14. The van der Waals surface area contributed by atoms with Crippen molar-refractivity contribution in [2.75, 3.05) is 17.7 Å². The van der Waals surface area contributed by atoms with E-state index >= 15 is 0 Å². The van der Waals surface area contributed by atoms with Crippen molar-refractivity contribution in [1.82, 2.24) is 9.55 Å². The first-order valence-corrected chi connectivity index (χ1v) is 11.5. The Hall–Kier alpha value is -2.97. The zero-order valence-corrected chi connectivity index (χ0v) is 19.0. The van der Waals surface area contributed by atoms with E-state index in [4.69, 9.17) is 0 Å². The third-order valence-electron chi connectivity index (χ3n) is 4.78. The van der Waals surface area contributed by atoms with E-state index in [1.807, 2.05) is 19.9 Å². The highest BCUT2D eigenvalue weighted by Crippen LogP contribution is 2.20. The van der Waals surface area contributed by atoms with Crippen LogP contribution in [0, 0.1) is 5.92 Å². The Bertz CT molecular complexity index is 1160. The number of carbonyl (C=O) groups is 2. The molecule has 2 aromatic carbocycles. The van der Waals surface area contributed by atoms with Gasteiger partial charge in [0, 0.05) is 30.8 Å².